The first-order chi connectivity index (χ1) is 7.91. The molecule has 0 atom stereocenters. The normalized spacial score (nSPS) is 10.1. The molecule has 0 saturated heterocycles. The van der Waals surface area contributed by atoms with Gasteiger partial charge in [-0.2, -0.15) is 0 Å². The molecule has 0 aliphatic rings. The maximum atomic E-state index is 11.6. The zero-order chi connectivity index (χ0) is 13.0. The smallest absolute Gasteiger partial charge is 0.273 e. The number of hydrazine groups is 1. The zero-order valence-electron chi connectivity index (χ0n) is 10.1. The van der Waals surface area contributed by atoms with Crippen LogP contribution in [-0.4, -0.2) is 16.9 Å². The Hall–Kier alpha value is -2.04. The van der Waals surface area contributed by atoms with Gasteiger partial charge in [0.15, 0.2) is 0 Å². The van der Waals surface area contributed by atoms with Crippen molar-refractivity contribution in [1.29, 1.82) is 0 Å². The summed E-state index contributed by atoms with van der Waals surface area (Å²) in [4.78, 5) is 22.8. The van der Waals surface area contributed by atoms with E-state index in [2.05, 4.69) is 10.9 Å². The number of nitrogens with one attached hydrogen (secondary N) is 2. The fraction of sp³-hybridized carbons (Fsp3) is 0.333. The molecule has 0 spiro atoms. The second kappa shape index (κ2) is 5.34. The van der Waals surface area contributed by atoms with Crippen LogP contribution in [0.15, 0.2) is 18.2 Å². The molecular formula is C12H16N2O3. The number of aromatic hydroxyl groups is 1. The lowest BCUT2D eigenvalue weighted by atomic mass is 10.1. The van der Waals surface area contributed by atoms with E-state index in [1.807, 2.05) is 6.92 Å². The molecule has 0 aromatic heterocycles. The van der Waals surface area contributed by atoms with Gasteiger partial charge in [-0.25, -0.2) is 0 Å². The van der Waals surface area contributed by atoms with Crippen LogP contribution in [0.5, 0.6) is 5.75 Å². The molecule has 0 saturated carbocycles. The minimum Gasteiger partial charge on any atom is -0.507 e. The molecular weight excluding hydrogens is 220 g/mol. The monoisotopic (exact) mass is 236 g/mol. The van der Waals surface area contributed by atoms with Crippen molar-refractivity contribution in [2.45, 2.75) is 20.8 Å². The highest BCUT2D eigenvalue weighted by atomic mass is 16.3. The summed E-state index contributed by atoms with van der Waals surface area (Å²) in [6.07, 6.45) is 0. The lowest BCUT2D eigenvalue weighted by Gasteiger charge is -2.10. The Labute approximate surface area is 99.8 Å². The van der Waals surface area contributed by atoms with Gasteiger partial charge in [0.1, 0.15) is 5.75 Å². The molecule has 1 rings (SSSR count). The van der Waals surface area contributed by atoms with Crippen LogP contribution in [0.4, 0.5) is 0 Å². The quantitative estimate of drug-likeness (QED) is 0.673. The van der Waals surface area contributed by atoms with Gasteiger partial charge in [-0.15, -0.1) is 0 Å². The first-order valence-electron chi connectivity index (χ1n) is 5.31. The Bertz CT molecular complexity index is 441. The first-order valence-corrected chi connectivity index (χ1v) is 5.31. The molecule has 0 unspecified atom stereocenters. The Morgan fingerprint density at radius 1 is 1.24 bits per heavy atom. The molecule has 17 heavy (non-hydrogen) atoms. The lowest BCUT2D eigenvalue weighted by molar-refractivity contribution is -0.124. The number of phenolic OH excluding ortho intramolecular Hbond substituents is 1. The Morgan fingerprint density at radius 2 is 1.88 bits per heavy atom. The van der Waals surface area contributed by atoms with Crippen molar-refractivity contribution >= 4 is 11.8 Å². The van der Waals surface area contributed by atoms with E-state index < -0.39 is 5.91 Å². The summed E-state index contributed by atoms with van der Waals surface area (Å²) in [6.45, 7) is 5.23. The predicted octanol–water partition coefficient (Wildman–Crippen LogP) is 1.12. The summed E-state index contributed by atoms with van der Waals surface area (Å²) in [6, 6.07) is 4.69. The van der Waals surface area contributed by atoms with Gasteiger partial charge in [0.25, 0.3) is 5.91 Å². The minimum absolute atomic E-state index is 0.110. The summed E-state index contributed by atoms with van der Waals surface area (Å²) in [7, 11) is 0. The van der Waals surface area contributed by atoms with Crippen molar-refractivity contribution in [1.82, 2.24) is 10.9 Å². The zero-order valence-corrected chi connectivity index (χ0v) is 10.1. The van der Waals surface area contributed by atoms with Crippen LogP contribution in [-0.2, 0) is 4.79 Å². The maximum Gasteiger partial charge on any atom is 0.273 e. The summed E-state index contributed by atoms with van der Waals surface area (Å²) >= 11 is 0. The summed E-state index contributed by atoms with van der Waals surface area (Å²) in [5.41, 5.74) is 5.49. The van der Waals surface area contributed by atoms with Gasteiger partial charge in [0.05, 0.1) is 5.56 Å². The molecule has 5 heteroatoms. The third kappa shape index (κ3) is 3.48. The van der Waals surface area contributed by atoms with Gasteiger partial charge >= 0.3 is 0 Å². The van der Waals surface area contributed by atoms with E-state index in [0.29, 0.717) is 0 Å². The van der Waals surface area contributed by atoms with Crippen molar-refractivity contribution in [2.24, 2.45) is 5.92 Å². The highest BCUT2D eigenvalue weighted by molar-refractivity contribution is 5.97. The molecule has 1 aromatic carbocycles. The fourth-order valence-corrected chi connectivity index (χ4v) is 1.16. The molecule has 0 heterocycles. The van der Waals surface area contributed by atoms with Crippen LogP contribution in [0.3, 0.4) is 0 Å². The lowest BCUT2D eigenvalue weighted by Crippen LogP contribution is -2.43. The molecule has 0 fully saturated rings. The fourth-order valence-electron chi connectivity index (χ4n) is 1.16. The average Bonchev–Trinajstić information content (AvgIpc) is 2.25. The van der Waals surface area contributed by atoms with E-state index in [4.69, 9.17) is 0 Å². The summed E-state index contributed by atoms with van der Waals surface area (Å²) in [5, 5.41) is 9.56. The van der Waals surface area contributed by atoms with Crippen LogP contribution in [0.1, 0.15) is 29.8 Å². The van der Waals surface area contributed by atoms with E-state index in [-0.39, 0.29) is 23.1 Å². The summed E-state index contributed by atoms with van der Waals surface area (Å²) < 4.78 is 0. The highest BCUT2D eigenvalue weighted by Crippen LogP contribution is 2.17. The molecule has 3 N–H and O–H groups in total. The Kier molecular flexibility index (Phi) is 4.09. The van der Waals surface area contributed by atoms with E-state index in [1.54, 1.807) is 19.9 Å². The van der Waals surface area contributed by atoms with Crippen LogP contribution in [0.2, 0.25) is 0 Å². The third-order valence-electron chi connectivity index (χ3n) is 2.22. The van der Waals surface area contributed by atoms with Crippen molar-refractivity contribution in [3.63, 3.8) is 0 Å². The van der Waals surface area contributed by atoms with Gasteiger partial charge in [-0.05, 0) is 24.6 Å². The largest absolute Gasteiger partial charge is 0.507 e. The number of rotatable bonds is 2. The second-order valence-electron chi connectivity index (χ2n) is 4.12. The third-order valence-corrected chi connectivity index (χ3v) is 2.22. The van der Waals surface area contributed by atoms with Crippen LogP contribution >= 0.6 is 0 Å². The van der Waals surface area contributed by atoms with E-state index in [0.717, 1.165) is 5.56 Å². The average molecular weight is 236 g/mol. The molecule has 0 radical (unpaired) electrons. The Balaban J connectivity index is 2.68. The second-order valence-corrected chi connectivity index (χ2v) is 4.12. The number of carbonyl (C=O) groups excluding carboxylic acids is 2. The van der Waals surface area contributed by atoms with Gasteiger partial charge < -0.3 is 5.11 Å². The van der Waals surface area contributed by atoms with Gasteiger partial charge in [-0.1, -0.05) is 19.9 Å². The van der Waals surface area contributed by atoms with Crippen molar-refractivity contribution in [2.75, 3.05) is 0 Å². The van der Waals surface area contributed by atoms with Crippen molar-refractivity contribution in [3.05, 3.63) is 29.3 Å². The Morgan fingerprint density at radius 3 is 2.41 bits per heavy atom. The molecule has 1 aromatic rings. The van der Waals surface area contributed by atoms with E-state index >= 15 is 0 Å². The molecule has 2 amide bonds. The number of hydrogen-bond donors (Lipinski definition) is 3. The highest BCUT2D eigenvalue weighted by Gasteiger charge is 2.12. The number of aryl methyl sites for hydroxylation is 1. The van der Waals surface area contributed by atoms with Gasteiger partial charge in [0, 0.05) is 5.92 Å². The first kappa shape index (κ1) is 13.0. The van der Waals surface area contributed by atoms with Crippen LogP contribution in [0.25, 0.3) is 0 Å². The molecule has 0 bridgehead atoms. The number of benzene rings is 1. The minimum atomic E-state index is -0.545. The molecule has 5 nitrogen and oxygen atoms in total. The molecule has 0 aliphatic carbocycles. The van der Waals surface area contributed by atoms with Crippen LogP contribution < -0.4 is 10.9 Å². The SMILES string of the molecule is Cc1ccc(C(=O)NNC(=O)C(C)C)c(O)c1. The standard InChI is InChI=1S/C12H16N2O3/c1-7(2)11(16)13-14-12(17)9-5-4-8(3)6-10(9)15/h4-7,15H,1-3H3,(H,13,16)(H,14,17). The van der Waals surface area contributed by atoms with Crippen molar-refractivity contribution < 1.29 is 14.7 Å². The number of phenols is 1. The summed E-state index contributed by atoms with van der Waals surface area (Å²) in [5.74, 6) is -1.16. The molecule has 0 aliphatic heterocycles. The van der Waals surface area contributed by atoms with Gasteiger partial charge in [-0.3, -0.25) is 20.4 Å². The number of hydrogen-bond acceptors (Lipinski definition) is 3. The van der Waals surface area contributed by atoms with Crippen LogP contribution in [0, 0.1) is 12.8 Å². The topological polar surface area (TPSA) is 78.4 Å². The molecule has 92 valence electrons. The predicted molar refractivity (Wildman–Crippen MR) is 63.3 cm³/mol. The van der Waals surface area contributed by atoms with E-state index in [9.17, 15) is 14.7 Å². The number of amides is 2. The van der Waals surface area contributed by atoms with Gasteiger partial charge in [0.2, 0.25) is 5.91 Å². The number of carbonyl (C=O) groups is 2. The van der Waals surface area contributed by atoms with Crippen molar-refractivity contribution in [3.8, 4) is 5.75 Å². The van der Waals surface area contributed by atoms with E-state index in [1.165, 1.54) is 12.1 Å². The maximum absolute atomic E-state index is 11.6.